The van der Waals surface area contributed by atoms with Gasteiger partial charge in [-0.05, 0) is 43.5 Å². The third kappa shape index (κ3) is 2.35. The molecule has 1 aromatic carbocycles. The molecule has 16 heavy (non-hydrogen) atoms. The molecule has 0 amide bonds. The van der Waals surface area contributed by atoms with Crippen LogP contribution in [0.15, 0.2) is 18.2 Å². The molecule has 1 aromatic rings. The predicted octanol–water partition coefficient (Wildman–Crippen LogP) is 2.99. The van der Waals surface area contributed by atoms with E-state index >= 15 is 0 Å². The second kappa shape index (κ2) is 4.92. The van der Waals surface area contributed by atoms with Crippen LogP contribution in [0, 0.1) is 5.92 Å². The smallest absolute Gasteiger partial charge is 0.0468 e. The molecule has 1 fully saturated rings. The van der Waals surface area contributed by atoms with Crippen LogP contribution in [0.3, 0.4) is 0 Å². The lowest BCUT2D eigenvalue weighted by Crippen LogP contribution is -2.42. The van der Waals surface area contributed by atoms with Crippen LogP contribution in [0.1, 0.15) is 24.4 Å². The Labute approximate surface area is 106 Å². The van der Waals surface area contributed by atoms with E-state index in [1.807, 2.05) is 19.2 Å². The van der Waals surface area contributed by atoms with Gasteiger partial charge in [0, 0.05) is 22.1 Å². The molecule has 1 unspecified atom stereocenters. The van der Waals surface area contributed by atoms with E-state index in [4.69, 9.17) is 28.9 Å². The summed E-state index contributed by atoms with van der Waals surface area (Å²) in [6.45, 7) is 0. The number of hydrogen-bond acceptors (Lipinski definition) is 2. The topological polar surface area (TPSA) is 38.0 Å². The van der Waals surface area contributed by atoms with E-state index in [0.717, 1.165) is 23.4 Å². The minimum Gasteiger partial charge on any atom is -0.328 e. The number of benzene rings is 1. The average Bonchev–Trinajstić information content (AvgIpc) is 2.19. The lowest BCUT2D eigenvalue weighted by Gasteiger charge is -2.39. The number of rotatable bonds is 3. The highest BCUT2D eigenvalue weighted by molar-refractivity contribution is 6.35. The molecule has 3 N–H and O–H groups in total. The molecule has 1 saturated carbocycles. The fourth-order valence-electron chi connectivity index (χ4n) is 2.38. The Morgan fingerprint density at radius 2 is 2.06 bits per heavy atom. The second-order valence-electron chi connectivity index (χ2n) is 4.42. The standard InChI is InChI=1S/C12H16Cl2N2/c1-16-12(7-4-9(15)5-7)10-3-2-8(13)6-11(10)14/h2-3,6-7,9,12,16H,4-5,15H2,1H3. The van der Waals surface area contributed by atoms with Crippen LogP contribution in [-0.2, 0) is 0 Å². The van der Waals surface area contributed by atoms with Crippen LogP contribution in [0.4, 0.5) is 0 Å². The van der Waals surface area contributed by atoms with Gasteiger partial charge in [-0.1, -0.05) is 29.3 Å². The van der Waals surface area contributed by atoms with Gasteiger partial charge in [0.05, 0.1) is 0 Å². The van der Waals surface area contributed by atoms with Crippen LogP contribution < -0.4 is 11.1 Å². The molecule has 1 atom stereocenters. The van der Waals surface area contributed by atoms with Gasteiger partial charge in [0.1, 0.15) is 0 Å². The first-order valence-electron chi connectivity index (χ1n) is 5.49. The molecular formula is C12H16Cl2N2. The minimum absolute atomic E-state index is 0.282. The summed E-state index contributed by atoms with van der Waals surface area (Å²) in [5.41, 5.74) is 6.94. The van der Waals surface area contributed by atoms with Crippen molar-refractivity contribution in [2.45, 2.75) is 24.9 Å². The minimum atomic E-state index is 0.282. The van der Waals surface area contributed by atoms with Gasteiger partial charge in [0.2, 0.25) is 0 Å². The molecule has 0 spiro atoms. The van der Waals surface area contributed by atoms with Crippen molar-refractivity contribution in [2.24, 2.45) is 11.7 Å². The van der Waals surface area contributed by atoms with Crippen molar-refractivity contribution in [3.8, 4) is 0 Å². The number of nitrogens with one attached hydrogen (secondary N) is 1. The molecule has 4 heteroatoms. The Hall–Kier alpha value is -0.280. The SMILES string of the molecule is CNC(c1ccc(Cl)cc1Cl)C1CC(N)C1. The summed E-state index contributed by atoms with van der Waals surface area (Å²) in [7, 11) is 1.96. The van der Waals surface area contributed by atoms with Crippen LogP contribution >= 0.6 is 23.2 Å². The summed E-state index contributed by atoms with van der Waals surface area (Å²) < 4.78 is 0. The Morgan fingerprint density at radius 3 is 2.56 bits per heavy atom. The maximum Gasteiger partial charge on any atom is 0.0468 e. The largest absolute Gasteiger partial charge is 0.328 e. The second-order valence-corrected chi connectivity index (χ2v) is 5.27. The Bertz CT molecular complexity index is 375. The number of hydrogen-bond donors (Lipinski definition) is 2. The van der Waals surface area contributed by atoms with Crippen molar-refractivity contribution < 1.29 is 0 Å². The van der Waals surface area contributed by atoms with Crippen molar-refractivity contribution in [1.82, 2.24) is 5.32 Å². The molecule has 0 bridgehead atoms. The van der Waals surface area contributed by atoms with E-state index in [-0.39, 0.29) is 6.04 Å². The molecule has 88 valence electrons. The molecule has 0 heterocycles. The third-order valence-corrected chi connectivity index (χ3v) is 3.85. The zero-order valence-electron chi connectivity index (χ0n) is 9.21. The molecule has 0 aromatic heterocycles. The van der Waals surface area contributed by atoms with Crippen LogP contribution in [0.2, 0.25) is 10.0 Å². The van der Waals surface area contributed by atoms with Crippen molar-refractivity contribution in [3.05, 3.63) is 33.8 Å². The number of nitrogens with two attached hydrogens (primary N) is 1. The summed E-state index contributed by atoms with van der Waals surface area (Å²) in [5, 5.41) is 4.72. The van der Waals surface area contributed by atoms with Gasteiger partial charge in [0.25, 0.3) is 0 Å². The fourth-order valence-corrected chi connectivity index (χ4v) is 2.91. The van der Waals surface area contributed by atoms with Gasteiger partial charge in [-0.25, -0.2) is 0 Å². The Kier molecular flexibility index (Phi) is 3.75. The van der Waals surface area contributed by atoms with Crippen LogP contribution in [0.25, 0.3) is 0 Å². The molecular weight excluding hydrogens is 243 g/mol. The summed E-state index contributed by atoms with van der Waals surface area (Å²) in [6.07, 6.45) is 2.12. The summed E-state index contributed by atoms with van der Waals surface area (Å²) in [6, 6.07) is 6.31. The molecule has 0 radical (unpaired) electrons. The quantitative estimate of drug-likeness (QED) is 0.875. The van der Waals surface area contributed by atoms with Gasteiger partial charge in [-0.2, -0.15) is 0 Å². The molecule has 1 aliphatic rings. The van der Waals surface area contributed by atoms with Gasteiger partial charge in [0.15, 0.2) is 0 Å². The lowest BCUT2D eigenvalue weighted by atomic mass is 9.74. The maximum atomic E-state index is 6.21. The molecule has 2 rings (SSSR count). The fraction of sp³-hybridized carbons (Fsp3) is 0.500. The van der Waals surface area contributed by atoms with E-state index < -0.39 is 0 Å². The first-order chi connectivity index (χ1) is 7.61. The van der Waals surface area contributed by atoms with Crippen molar-refractivity contribution in [1.29, 1.82) is 0 Å². The Balaban J connectivity index is 2.20. The van der Waals surface area contributed by atoms with Gasteiger partial charge in [-0.3, -0.25) is 0 Å². The monoisotopic (exact) mass is 258 g/mol. The molecule has 0 aliphatic heterocycles. The zero-order valence-corrected chi connectivity index (χ0v) is 10.7. The summed E-state index contributed by atoms with van der Waals surface area (Å²) in [4.78, 5) is 0. The summed E-state index contributed by atoms with van der Waals surface area (Å²) in [5.74, 6) is 0.582. The van der Waals surface area contributed by atoms with Crippen LogP contribution in [-0.4, -0.2) is 13.1 Å². The lowest BCUT2D eigenvalue weighted by molar-refractivity contribution is 0.204. The first kappa shape index (κ1) is 12.2. The van der Waals surface area contributed by atoms with E-state index in [2.05, 4.69) is 5.32 Å². The van der Waals surface area contributed by atoms with Crippen molar-refractivity contribution in [3.63, 3.8) is 0 Å². The highest BCUT2D eigenvalue weighted by Crippen LogP contribution is 2.39. The average molecular weight is 259 g/mol. The van der Waals surface area contributed by atoms with Gasteiger partial charge < -0.3 is 11.1 Å². The van der Waals surface area contributed by atoms with Crippen molar-refractivity contribution >= 4 is 23.2 Å². The molecule has 0 saturated heterocycles. The third-order valence-electron chi connectivity index (χ3n) is 3.29. The van der Waals surface area contributed by atoms with Gasteiger partial charge in [-0.15, -0.1) is 0 Å². The van der Waals surface area contributed by atoms with Gasteiger partial charge >= 0.3 is 0 Å². The number of halogens is 2. The highest BCUT2D eigenvalue weighted by atomic mass is 35.5. The normalized spacial score (nSPS) is 26.2. The zero-order chi connectivity index (χ0) is 11.7. The first-order valence-corrected chi connectivity index (χ1v) is 6.25. The van der Waals surface area contributed by atoms with E-state index in [1.165, 1.54) is 0 Å². The van der Waals surface area contributed by atoms with E-state index in [9.17, 15) is 0 Å². The highest BCUT2D eigenvalue weighted by Gasteiger charge is 2.33. The van der Waals surface area contributed by atoms with E-state index in [1.54, 1.807) is 6.07 Å². The van der Waals surface area contributed by atoms with Crippen molar-refractivity contribution in [2.75, 3.05) is 7.05 Å². The maximum absolute atomic E-state index is 6.21. The van der Waals surface area contributed by atoms with E-state index in [0.29, 0.717) is 17.0 Å². The van der Waals surface area contributed by atoms with Crippen LogP contribution in [0.5, 0.6) is 0 Å². The molecule has 1 aliphatic carbocycles. The summed E-state index contributed by atoms with van der Waals surface area (Å²) >= 11 is 12.1. The molecule has 2 nitrogen and oxygen atoms in total. The predicted molar refractivity (Wildman–Crippen MR) is 69.0 cm³/mol. The Morgan fingerprint density at radius 1 is 1.38 bits per heavy atom.